The molecule has 5 heteroatoms. The van der Waals surface area contributed by atoms with Crippen molar-refractivity contribution in [1.82, 2.24) is 9.80 Å². The normalized spacial score (nSPS) is 36.8. The van der Waals surface area contributed by atoms with Crippen molar-refractivity contribution in [2.45, 2.75) is 69.2 Å². The van der Waals surface area contributed by atoms with Crippen LogP contribution in [-0.2, 0) is 9.59 Å². The molecule has 1 saturated heterocycles. The van der Waals surface area contributed by atoms with Crippen LogP contribution in [-0.4, -0.2) is 58.8 Å². The van der Waals surface area contributed by atoms with Crippen LogP contribution in [0.25, 0.3) is 0 Å². The highest BCUT2D eigenvalue weighted by atomic mass is 32.2. The number of likely N-dealkylation sites (tertiary alicyclic amines) is 1. The van der Waals surface area contributed by atoms with Gasteiger partial charge in [-0.15, -0.1) is 0 Å². The maximum atomic E-state index is 13.0. The highest BCUT2D eigenvalue weighted by molar-refractivity contribution is 7.99. The summed E-state index contributed by atoms with van der Waals surface area (Å²) in [6, 6.07) is 0.154. The van der Waals surface area contributed by atoms with Crippen LogP contribution >= 0.6 is 11.8 Å². The smallest absolute Gasteiger partial charge is 0.245 e. The molecule has 130 valence electrons. The number of likely N-dealkylation sites (N-methyl/N-ethyl adjacent to an activating group) is 1. The number of piperidine rings is 1. The van der Waals surface area contributed by atoms with Crippen LogP contribution in [0.4, 0.5) is 0 Å². The maximum absolute atomic E-state index is 13.0. The monoisotopic (exact) mass is 338 g/mol. The SMILES string of the molecule is CS[C@@H]1CC[C@H](N(C)C(=O)[C@@H]2CCCCN2C(=O)[C@@H]2C[C@@H]2C)C1. The Balaban J connectivity index is 1.65. The number of thioether (sulfide) groups is 1. The van der Waals surface area contributed by atoms with Crippen LogP contribution in [0.5, 0.6) is 0 Å². The lowest BCUT2D eigenvalue weighted by molar-refractivity contribution is -0.149. The number of rotatable bonds is 4. The average molecular weight is 339 g/mol. The number of carbonyl (C=O) groups is 2. The molecule has 3 aliphatic rings. The van der Waals surface area contributed by atoms with Gasteiger partial charge < -0.3 is 9.80 Å². The second-order valence-corrected chi connectivity index (χ2v) is 8.77. The van der Waals surface area contributed by atoms with Crippen molar-refractivity contribution in [1.29, 1.82) is 0 Å². The Hall–Kier alpha value is -0.710. The first-order valence-electron chi connectivity index (χ1n) is 9.13. The zero-order valence-electron chi connectivity index (χ0n) is 14.7. The molecule has 2 aliphatic carbocycles. The molecule has 0 spiro atoms. The fourth-order valence-electron chi connectivity index (χ4n) is 4.23. The van der Waals surface area contributed by atoms with E-state index in [0.29, 0.717) is 17.2 Å². The molecule has 2 saturated carbocycles. The van der Waals surface area contributed by atoms with Crippen molar-refractivity contribution in [2.75, 3.05) is 19.8 Å². The molecule has 1 heterocycles. The Morgan fingerprint density at radius 3 is 2.48 bits per heavy atom. The molecule has 3 rings (SSSR count). The largest absolute Gasteiger partial charge is 0.341 e. The van der Waals surface area contributed by atoms with Gasteiger partial charge in [-0.1, -0.05) is 6.92 Å². The van der Waals surface area contributed by atoms with E-state index in [4.69, 9.17) is 0 Å². The first-order chi connectivity index (χ1) is 11.0. The Morgan fingerprint density at radius 1 is 1.13 bits per heavy atom. The van der Waals surface area contributed by atoms with Gasteiger partial charge in [-0.2, -0.15) is 11.8 Å². The van der Waals surface area contributed by atoms with Crippen molar-refractivity contribution in [2.24, 2.45) is 11.8 Å². The van der Waals surface area contributed by atoms with Crippen molar-refractivity contribution < 1.29 is 9.59 Å². The van der Waals surface area contributed by atoms with Gasteiger partial charge in [0.05, 0.1) is 0 Å². The first-order valence-corrected chi connectivity index (χ1v) is 10.4. The van der Waals surface area contributed by atoms with Crippen LogP contribution in [0.15, 0.2) is 0 Å². The van der Waals surface area contributed by atoms with Gasteiger partial charge in [0.2, 0.25) is 11.8 Å². The predicted octanol–water partition coefficient (Wildman–Crippen LogP) is 2.77. The van der Waals surface area contributed by atoms with Gasteiger partial charge in [-0.25, -0.2) is 0 Å². The number of nitrogens with zero attached hydrogens (tertiary/aromatic N) is 2. The fourth-order valence-corrected chi connectivity index (χ4v) is 5.02. The van der Waals surface area contributed by atoms with Crippen LogP contribution in [0, 0.1) is 11.8 Å². The Morgan fingerprint density at radius 2 is 1.87 bits per heavy atom. The molecule has 2 amide bonds. The zero-order valence-corrected chi connectivity index (χ0v) is 15.5. The van der Waals surface area contributed by atoms with E-state index >= 15 is 0 Å². The van der Waals surface area contributed by atoms with Crippen molar-refractivity contribution in [3.63, 3.8) is 0 Å². The zero-order chi connectivity index (χ0) is 16.6. The highest BCUT2D eigenvalue weighted by Crippen LogP contribution is 2.40. The number of hydrogen-bond acceptors (Lipinski definition) is 3. The van der Waals surface area contributed by atoms with Crippen LogP contribution in [0.1, 0.15) is 51.9 Å². The van der Waals surface area contributed by atoms with Gasteiger partial charge in [0.1, 0.15) is 6.04 Å². The molecule has 0 radical (unpaired) electrons. The number of hydrogen-bond donors (Lipinski definition) is 0. The molecular formula is C18H30N2O2S. The molecule has 4 nitrogen and oxygen atoms in total. The van der Waals surface area contributed by atoms with E-state index in [9.17, 15) is 9.59 Å². The first kappa shape index (κ1) is 17.1. The van der Waals surface area contributed by atoms with E-state index in [1.807, 2.05) is 28.6 Å². The fraction of sp³-hybridized carbons (Fsp3) is 0.889. The minimum Gasteiger partial charge on any atom is -0.341 e. The van der Waals surface area contributed by atoms with Crippen LogP contribution < -0.4 is 0 Å². The van der Waals surface area contributed by atoms with Crippen LogP contribution in [0.3, 0.4) is 0 Å². The van der Waals surface area contributed by atoms with Gasteiger partial charge >= 0.3 is 0 Å². The molecule has 3 fully saturated rings. The molecule has 5 atom stereocenters. The Labute approximate surface area is 144 Å². The van der Waals surface area contributed by atoms with Gasteiger partial charge in [-0.05, 0) is 57.1 Å². The molecular weight excluding hydrogens is 308 g/mol. The lowest BCUT2D eigenvalue weighted by atomic mass is 9.99. The van der Waals surface area contributed by atoms with E-state index in [-0.39, 0.29) is 23.8 Å². The summed E-state index contributed by atoms with van der Waals surface area (Å²) in [7, 11) is 1.95. The molecule has 0 aromatic heterocycles. The molecule has 0 aromatic rings. The summed E-state index contributed by atoms with van der Waals surface area (Å²) in [5.41, 5.74) is 0. The number of amides is 2. The summed E-state index contributed by atoms with van der Waals surface area (Å²) in [4.78, 5) is 29.6. The van der Waals surface area contributed by atoms with E-state index in [1.165, 1.54) is 6.42 Å². The lowest BCUT2D eigenvalue weighted by Gasteiger charge is -2.38. The average Bonchev–Trinajstić information content (AvgIpc) is 3.12. The summed E-state index contributed by atoms with van der Waals surface area (Å²) >= 11 is 1.92. The van der Waals surface area contributed by atoms with E-state index in [0.717, 1.165) is 45.1 Å². The molecule has 0 unspecified atom stereocenters. The van der Waals surface area contributed by atoms with E-state index in [2.05, 4.69) is 13.2 Å². The minimum absolute atomic E-state index is 0.179. The van der Waals surface area contributed by atoms with Crippen molar-refractivity contribution in [3.05, 3.63) is 0 Å². The minimum atomic E-state index is -0.206. The standard InChI is InChI=1S/C18H30N2O2S/c1-12-10-15(12)17(21)20-9-5-4-6-16(20)18(22)19(2)13-7-8-14(11-13)23-3/h12-16H,4-11H2,1-3H3/t12-,13-,14+,15+,16-/m0/s1. The second kappa shape index (κ2) is 7.04. The molecule has 0 aromatic carbocycles. The third-order valence-corrected chi connectivity index (χ3v) is 7.18. The summed E-state index contributed by atoms with van der Waals surface area (Å²) in [6.07, 6.45) is 9.52. The number of carbonyl (C=O) groups excluding carboxylic acids is 2. The lowest BCUT2D eigenvalue weighted by Crippen LogP contribution is -2.54. The third kappa shape index (κ3) is 3.54. The molecule has 1 aliphatic heterocycles. The summed E-state index contributed by atoms with van der Waals surface area (Å²) < 4.78 is 0. The van der Waals surface area contributed by atoms with E-state index < -0.39 is 0 Å². The Bertz CT molecular complexity index is 470. The van der Waals surface area contributed by atoms with E-state index in [1.54, 1.807) is 0 Å². The summed E-state index contributed by atoms with van der Waals surface area (Å²) in [5, 5.41) is 0.687. The van der Waals surface area contributed by atoms with Gasteiger partial charge in [-0.3, -0.25) is 9.59 Å². The van der Waals surface area contributed by atoms with Gasteiger partial charge in [0.25, 0.3) is 0 Å². The van der Waals surface area contributed by atoms with Crippen molar-refractivity contribution >= 4 is 23.6 Å². The molecule has 0 N–H and O–H groups in total. The quantitative estimate of drug-likeness (QED) is 0.791. The third-order valence-electron chi connectivity index (χ3n) is 6.08. The predicted molar refractivity (Wildman–Crippen MR) is 94.3 cm³/mol. The summed E-state index contributed by atoms with van der Waals surface area (Å²) in [5.74, 6) is 1.10. The molecule has 0 bridgehead atoms. The van der Waals surface area contributed by atoms with Gasteiger partial charge in [0.15, 0.2) is 0 Å². The topological polar surface area (TPSA) is 40.6 Å². The molecule has 23 heavy (non-hydrogen) atoms. The second-order valence-electron chi connectivity index (χ2n) is 7.64. The van der Waals surface area contributed by atoms with Crippen molar-refractivity contribution in [3.8, 4) is 0 Å². The Kier molecular flexibility index (Phi) is 5.24. The van der Waals surface area contributed by atoms with Gasteiger partial charge in [0, 0.05) is 30.8 Å². The highest BCUT2D eigenvalue weighted by Gasteiger charge is 2.45. The maximum Gasteiger partial charge on any atom is 0.245 e. The van der Waals surface area contributed by atoms with Crippen LogP contribution in [0.2, 0.25) is 0 Å². The summed E-state index contributed by atoms with van der Waals surface area (Å²) in [6.45, 7) is 2.90.